The van der Waals surface area contributed by atoms with Crippen molar-refractivity contribution < 1.29 is 80.2 Å². The van der Waals surface area contributed by atoms with E-state index in [1.165, 1.54) is 218 Å². The second-order valence-corrected chi connectivity index (χ2v) is 31.7. The third kappa shape index (κ3) is 70.9. The summed E-state index contributed by atoms with van der Waals surface area (Å²) in [5.41, 5.74) is 0. The van der Waals surface area contributed by atoms with E-state index in [1.807, 2.05) is 0 Å². The fourth-order valence-electron chi connectivity index (χ4n) is 12.0. The summed E-state index contributed by atoms with van der Waals surface area (Å²) in [4.78, 5) is 72.9. The van der Waals surface area contributed by atoms with E-state index in [0.717, 1.165) is 108 Å². The van der Waals surface area contributed by atoms with Crippen LogP contribution in [-0.4, -0.2) is 96.7 Å². The lowest BCUT2D eigenvalue weighted by molar-refractivity contribution is -0.161. The van der Waals surface area contributed by atoms with Crippen molar-refractivity contribution in [2.24, 2.45) is 11.8 Å². The molecular formula is C78H152O17P2. The number of ether oxygens (including phenoxy) is 4. The summed E-state index contributed by atoms with van der Waals surface area (Å²) in [5.74, 6) is -0.630. The molecular weight excluding hydrogens is 1270 g/mol. The van der Waals surface area contributed by atoms with Crippen LogP contribution >= 0.6 is 15.6 Å². The smallest absolute Gasteiger partial charge is 0.462 e. The van der Waals surface area contributed by atoms with E-state index in [2.05, 4.69) is 41.5 Å². The number of phosphoric acid groups is 2. The lowest BCUT2D eigenvalue weighted by Gasteiger charge is -2.21. The first-order valence-electron chi connectivity index (χ1n) is 40.5. The molecule has 97 heavy (non-hydrogen) atoms. The highest BCUT2D eigenvalue weighted by molar-refractivity contribution is 7.47. The molecule has 3 N–H and O–H groups in total. The highest BCUT2D eigenvalue weighted by atomic mass is 31.2. The third-order valence-corrected chi connectivity index (χ3v) is 20.5. The van der Waals surface area contributed by atoms with Crippen LogP contribution in [0.4, 0.5) is 0 Å². The Morgan fingerprint density at radius 2 is 0.526 bits per heavy atom. The zero-order valence-electron chi connectivity index (χ0n) is 63.4. The minimum atomic E-state index is -4.96. The zero-order valence-corrected chi connectivity index (χ0v) is 65.2. The summed E-state index contributed by atoms with van der Waals surface area (Å²) in [6.45, 7) is 9.57. The van der Waals surface area contributed by atoms with Crippen LogP contribution in [0.5, 0.6) is 0 Å². The van der Waals surface area contributed by atoms with Crippen LogP contribution in [-0.2, 0) is 65.4 Å². The molecule has 0 aliphatic carbocycles. The van der Waals surface area contributed by atoms with Gasteiger partial charge in [0.05, 0.1) is 26.4 Å². The quantitative estimate of drug-likeness (QED) is 0.0222. The maximum atomic E-state index is 13.1. The zero-order chi connectivity index (χ0) is 71.4. The molecule has 0 aromatic heterocycles. The minimum Gasteiger partial charge on any atom is -0.462 e. The number of esters is 4. The Kier molecular flexibility index (Phi) is 68.4. The SMILES string of the molecule is CCCCCCCCCCCCCCCCCCCC(=O)OC[C@H](COP(=O)(O)OC[C@@H](O)COP(=O)(O)OC[C@@H](COC(=O)CCCCCCCCC(C)CC)OC(=O)CCCCCCCCCCCCC(C)C)OC(=O)CCCCCCCCCCCCCCCCCCC. The summed E-state index contributed by atoms with van der Waals surface area (Å²) in [6, 6.07) is 0. The first-order valence-corrected chi connectivity index (χ1v) is 43.5. The van der Waals surface area contributed by atoms with Gasteiger partial charge < -0.3 is 33.8 Å². The lowest BCUT2D eigenvalue weighted by atomic mass is 10.00. The Morgan fingerprint density at radius 3 is 0.784 bits per heavy atom. The molecule has 17 nitrogen and oxygen atoms in total. The second-order valence-electron chi connectivity index (χ2n) is 28.8. The molecule has 3 unspecified atom stereocenters. The van der Waals surface area contributed by atoms with E-state index < -0.39 is 97.5 Å². The van der Waals surface area contributed by atoms with E-state index in [-0.39, 0.29) is 25.7 Å². The van der Waals surface area contributed by atoms with Crippen LogP contribution in [0.2, 0.25) is 0 Å². The predicted molar refractivity (Wildman–Crippen MR) is 395 cm³/mol. The minimum absolute atomic E-state index is 0.105. The van der Waals surface area contributed by atoms with Crippen molar-refractivity contribution in [3.8, 4) is 0 Å². The van der Waals surface area contributed by atoms with Gasteiger partial charge in [-0.25, -0.2) is 9.13 Å². The van der Waals surface area contributed by atoms with E-state index in [1.54, 1.807) is 0 Å². The van der Waals surface area contributed by atoms with E-state index in [9.17, 15) is 43.2 Å². The van der Waals surface area contributed by atoms with Gasteiger partial charge in [0.15, 0.2) is 12.2 Å². The summed E-state index contributed by atoms with van der Waals surface area (Å²) in [5, 5.41) is 10.6. The van der Waals surface area contributed by atoms with Gasteiger partial charge in [0.1, 0.15) is 19.3 Å². The van der Waals surface area contributed by atoms with E-state index >= 15 is 0 Å². The van der Waals surface area contributed by atoms with Gasteiger partial charge in [-0.15, -0.1) is 0 Å². The predicted octanol–water partition coefficient (Wildman–Crippen LogP) is 23.1. The van der Waals surface area contributed by atoms with Crippen molar-refractivity contribution in [1.82, 2.24) is 0 Å². The number of aliphatic hydroxyl groups excluding tert-OH is 1. The molecule has 0 aromatic rings. The fraction of sp³-hybridized carbons (Fsp3) is 0.949. The summed E-state index contributed by atoms with van der Waals surface area (Å²) in [7, 11) is -9.91. The number of carbonyl (C=O) groups excluding carboxylic acids is 4. The van der Waals surface area contributed by atoms with Crippen molar-refractivity contribution in [1.29, 1.82) is 0 Å². The maximum Gasteiger partial charge on any atom is 0.472 e. The molecule has 19 heteroatoms. The van der Waals surface area contributed by atoms with Gasteiger partial charge in [0.25, 0.3) is 0 Å². The largest absolute Gasteiger partial charge is 0.472 e. The molecule has 0 amide bonds. The Labute approximate surface area is 594 Å². The van der Waals surface area contributed by atoms with Gasteiger partial charge in [0.2, 0.25) is 0 Å². The van der Waals surface area contributed by atoms with Gasteiger partial charge in [-0.05, 0) is 37.5 Å². The number of hydrogen-bond acceptors (Lipinski definition) is 15. The number of hydrogen-bond donors (Lipinski definition) is 3. The van der Waals surface area contributed by atoms with Gasteiger partial charge >= 0.3 is 39.5 Å². The lowest BCUT2D eigenvalue weighted by Crippen LogP contribution is -2.30. The average molecular weight is 1420 g/mol. The van der Waals surface area contributed by atoms with E-state index in [0.29, 0.717) is 25.7 Å². The standard InChI is InChI=1S/C78H152O17P2/c1-7-10-12-14-16-18-20-22-24-26-28-30-32-37-41-48-54-60-75(80)88-66-73(94-77(82)62-56-50-42-38-33-31-29-27-25-23-21-19-17-15-13-11-8-2)68-92-96(84,85)90-64-72(79)65-91-97(86,87)93-69-74(67-89-76(81)61-55-49-45-44-47-53-59-71(6)9-3)95-78(83)63-57-51-43-39-35-34-36-40-46-52-58-70(4)5/h70-74,79H,7-69H2,1-6H3,(H,84,85)(H,86,87)/t71?,72-,73-,74-/m1/s1. The number of phosphoric ester groups is 2. The monoisotopic (exact) mass is 1420 g/mol. The van der Waals surface area contributed by atoms with Crippen LogP contribution in [0.3, 0.4) is 0 Å². The van der Waals surface area contributed by atoms with Gasteiger partial charge in [0, 0.05) is 25.7 Å². The highest BCUT2D eigenvalue weighted by Gasteiger charge is 2.30. The molecule has 0 spiro atoms. The van der Waals surface area contributed by atoms with Crippen LogP contribution in [0.15, 0.2) is 0 Å². The van der Waals surface area contributed by atoms with Crippen LogP contribution < -0.4 is 0 Å². The normalized spacial score (nSPS) is 14.2. The molecule has 0 aliphatic rings. The van der Waals surface area contributed by atoms with Crippen molar-refractivity contribution in [3.63, 3.8) is 0 Å². The second kappa shape index (κ2) is 69.8. The van der Waals surface area contributed by atoms with Gasteiger partial charge in [-0.2, -0.15) is 0 Å². The summed E-state index contributed by atoms with van der Waals surface area (Å²) >= 11 is 0. The number of aliphatic hydroxyl groups is 1. The van der Waals surface area contributed by atoms with Gasteiger partial charge in [-0.3, -0.25) is 37.3 Å². The molecule has 0 radical (unpaired) electrons. The molecule has 0 heterocycles. The van der Waals surface area contributed by atoms with Crippen molar-refractivity contribution in [3.05, 3.63) is 0 Å². The average Bonchev–Trinajstić information content (AvgIpc) is 1.18. The van der Waals surface area contributed by atoms with Gasteiger partial charge in [-0.1, -0.05) is 356 Å². The highest BCUT2D eigenvalue weighted by Crippen LogP contribution is 2.45. The molecule has 0 bridgehead atoms. The Balaban J connectivity index is 5.25. The Hall–Kier alpha value is -1.94. The summed E-state index contributed by atoms with van der Waals surface area (Å²) in [6.07, 6.45) is 58.3. The maximum absolute atomic E-state index is 13.1. The molecule has 6 atom stereocenters. The molecule has 0 aliphatic heterocycles. The molecule has 0 fully saturated rings. The van der Waals surface area contributed by atoms with Crippen LogP contribution in [0, 0.1) is 11.8 Å². The van der Waals surface area contributed by atoms with Crippen LogP contribution in [0.1, 0.15) is 408 Å². The Morgan fingerprint density at radius 1 is 0.299 bits per heavy atom. The third-order valence-electron chi connectivity index (χ3n) is 18.6. The molecule has 0 saturated heterocycles. The van der Waals surface area contributed by atoms with Crippen molar-refractivity contribution in [2.45, 2.75) is 426 Å². The molecule has 576 valence electrons. The number of unbranched alkanes of at least 4 members (excludes halogenated alkanes) is 46. The molecule has 0 saturated carbocycles. The fourth-order valence-corrected chi connectivity index (χ4v) is 13.6. The Bertz CT molecular complexity index is 1870. The number of carbonyl (C=O) groups is 4. The van der Waals surface area contributed by atoms with Crippen molar-refractivity contribution in [2.75, 3.05) is 39.6 Å². The van der Waals surface area contributed by atoms with E-state index in [4.69, 9.17) is 37.0 Å². The molecule has 0 aromatic carbocycles. The number of rotatable bonds is 77. The first-order chi connectivity index (χ1) is 46.9. The first kappa shape index (κ1) is 95.1. The van der Waals surface area contributed by atoms with Crippen molar-refractivity contribution >= 4 is 39.5 Å². The van der Waals surface area contributed by atoms with Crippen LogP contribution in [0.25, 0.3) is 0 Å². The topological polar surface area (TPSA) is 237 Å². The summed E-state index contributed by atoms with van der Waals surface area (Å²) < 4.78 is 68.6. The molecule has 0 rings (SSSR count).